The first-order valence-corrected chi connectivity index (χ1v) is 14.5. The lowest BCUT2D eigenvalue weighted by molar-refractivity contribution is -0.147. The van der Waals surface area contributed by atoms with Crippen LogP contribution < -0.4 is 10.0 Å². The molecule has 3 N–H and O–H groups in total. The Bertz CT molecular complexity index is 1360. The monoisotopic (exact) mass is 597 g/mol. The molecule has 38 heavy (non-hydrogen) atoms. The molecule has 1 aromatic heterocycles. The van der Waals surface area contributed by atoms with Crippen LogP contribution in [0, 0.1) is 17.7 Å². The number of carbonyl (C=O) groups is 2. The first-order valence-electron chi connectivity index (χ1n) is 11.8. The van der Waals surface area contributed by atoms with Crippen molar-refractivity contribution in [3.8, 4) is 10.4 Å². The van der Waals surface area contributed by atoms with Gasteiger partial charge in [0.1, 0.15) is 10.9 Å². The fraction of sp³-hybridized carbons (Fsp3) is 0.522. The molecule has 2 aliphatic carbocycles. The quantitative estimate of drug-likeness (QED) is 0.358. The number of carboxylic acid groups (broad SMARTS) is 1. The lowest BCUT2D eigenvalue weighted by Crippen LogP contribution is -2.46. The molecule has 0 radical (unpaired) electrons. The van der Waals surface area contributed by atoms with Crippen LogP contribution in [-0.4, -0.2) is 48.6 Å². The molecular formula is C23H24ClF4N3O5S2. The molecule has 8 nitrogen and oxygen atoms in total. The fourth-order valence-corrected chi connectivity index (χ4v) is 6.94. The molecule has 1 atom stereocenters. The predicted octanol–water partition coefficient (Wildman–Crippen LogP) is 4.77. The summed E-state index contributed by atoms with van der Waals surface area (Å²) in [7, 11) is -4.90. The average Bonchev–Trinajstić information content (AvgIpc) is 3.17. The Labute approximate surface area is 224 Å². The van der Waals surface area contributed by atoms with Gasteiger partial charge in [0.05, 0.1) is 21.5 Å². The SMILES string of the molecule is CC(NS(=O)(=O)c1ccc(-c2sc(C(=O)NC3CC(C(=O)O)C3)nc2CC2CCC2)c(Cl)c1F)C(F)(F)F. The number of aromatic nitrogens is 1. The van der Waals surface area contributed by atoms with Crippen molar-refractivity contribution in [2.45, 2.75) is 68.6 Å². The van der Waals surface area contributed by atoms with Crippen molar-refractivity contribution in [2.75, 3.05) is 0 Å². The van der Waals surface area contributed by atoms with E-state index in [0.29, 0.717) is 42.7 Å². The van der Waals surface area contributed by atoms with E-state index in [4.69, 9.17) is 16.7 Å². The zero-order valence-corrected chi connectivity index (χ0v) is 22.3. The van der Waals surface area contributed by atoms with Crippen molar-refractivity contribution in [3.05, 3.63) is 33.7 Å². The molecule has 1 heterocycles. The normalized spacial score (nSPS) is 20.9. The highest BCUT2D eigenvalue weighted by Gasteiger charge is 2.40. The standard InChI is InChI=1S/C23H24ClF4N3O5S2/c1-10(23(26,27)28)31-38(35,36)16-6-5-14(17(24)18(16)25)19-15(7-11-3-2-4-11)30-21(37-19)20(32)29-13-8-12(9-13)22(33)34/h5-6,10-13,31H,2-4,7-9H2,1H3,(H,29,32)(H,33,34). The third-order valence-electron chi connectivity index (χ3n) is 6.82. The summed E-state index contributed by atoms with van der Waals surface area (Å²) >= 11 is 7.13. The van der Waals surface area contributed by atoms with Gasteiger partial charge >= 0.3 is 12.1 Å². The summed E-state index contributed by atoms with van der Waals surface area (Å²) in [5.41, 5.74) is 0.537. The van der Waals surface area contributed by atoms with E-state index in [1.54, 1.807) is 0 Å². The molecule has 0 bridgehead atoms. The van der Waals surface area contributed by atoms with Crippen LogP contribution in [0.2, 0.25) is 5.02 Å². The topological polar surface area (TPSA) is 125 Å². The van der Waals surface area contributed by atoms with Crippen LogP contribution in [0.25, 0.3) is 10.4 Å². The lowest BCUT2D eigenvalue weighted by atomic mass is 9.80. The van der Waals surface area contributed by atoms with Crippen molar-refractivity contribution in [1.82, 2.24) is 15.0 Å². The largest absolute Gasteiger partial charge is 0.481 e. The maximum absolute atomic E-state index is 15.2. The highest BCUT2D eigenvalue weighted by molar-refractivity contribution is 7.89. The summed E-state index contributed by atoms with van der Waals surface area (Å²) in [6, 6.07) is -0.762. The van der Waals surface area contributed by atoms with Crippen LogP contribution >= 0.6 is 22.9 Å². The molecule has 0 spiro atoms. The highest BCUT2D eigenvalue weighted by atomic mass is 35.5. The highest BCUT2D eigenvalue weighted by Crippen LogP contribution is 2.41. The zero-order chi connectivity index (χ0) is 28.0. The number of benzene rings is 1. The molecule has 0 saturated heterocycles. The second-order valence-electron chi connectivity index (χ2n) is 9.60. The first kappa shape index (κ1) is 28.7. The van der Waals surface area contributed by atoms with E-state index < -0.39 is 55.8 Å². The minimum Gasteiger partial charge on any atom is -0.481 e. The van der Waals surface area contributed by atoms with E-state index in [9.17, 15) is 31.2 Å². The number of nitrogens with zero attached hydrogens (tertiary/aromatic N) is 1. The van der Waals surface area contributed by atoms with E-state index in [-0.39, 0.29) is 16.6 Å². The zero-order valence-electron chi connectivity index (χ0n) is 19.9. The van der Waals surface area contributed by atoms with Gasteiger partial charge in [0.2, 0.25) is 10.0 Å². The van der Waals surface area contributed by atoms with Gasteiger partial charge < -0.3 is 10.4 Å². The van der Waals surface area contributed by atoms with Crippen LogP contribution in [0.5, 0.6) is 0 Å². The van der Waals surface area contributed by atoms with Gasteiger partial charge in [-0.25, -0.2) is 17.8 Å². The van der Waals surface area contributed by atoms with Gasteiger partial charge in [-0.1, -0.05) is 36.9 Å². The van der Waals surface area contributed by atoms with Gasteiger partial charge in [0.25, 0.3) is 5.91 Å². The number of amides is 1. The number of sulfonamides is 1. The number of hydrogen-bond acceptors (Lipinski definition) is 6. The Morgan fingerprint density at radius 2 is 1.92 bits per heavy atom. The van der Waals surface area contributed by atoms with Crippen LogP contribution in [0.3, 0.4) is 0 Å². The summed E-state index contributed by atoms with van der Waals surface area (Å²) in [5, 5.41) is 11.2. The summed E-state index contributed by atoms with van der Waals surface area (Å²) in [5.74, 6) is -3.10. The van der Waals surface area contributed by atoms with E-state index in [1.807, 2.05) is 0 Å². The third kappa shape index (κ3) is 5.97. The number of hydrogen-bond donors (Lipinski definition) is 3. The number of aliphatic carboxylic acids is 1. The van der Waals surface area contributed by atoms with Crippen molar-refractivity contribution >= 4 is 44.8 Å². The van der Waals surface area contributed by atoms with Gasteiger partial charge in [0.15, 0.2) is 10.8 Å². The maximum Gasteiger partial charge on any atom is 0.404 e. The molecule has 15 heteroatoms. The molecule has 2 saturated carbocycles. The van der Waals surface area contributed by atoms with Crippen LogP contribution in [0.1, 0.15) is 54.5 Å². The molecule has 1 unspecified atom stereocenters. The summed E-state index contributed by atoms with van der Waals surface area (Å²) in [4.78, 5) is 27.6. The van der Waals surface area contributed by atoms with Gasteiger partial charge in [-0.2, -0.15) is 17.9 Å². The van der Waals surface area contributed by atoms with Crippen LogP contribution in [0.15, 0.2) is 17.0 Å². The predicted molar refractivity (Wildman–Crippen MR) is 131 cm³/mol. The van der Waals surface area contributed by atoms with Crippen molar-refractivity contribution < 1.29 is 40.7 Å². The lowest BCUT2D eigenvalue weighted by Gasteiger charge is -2.32. The van der Waals surface area contributed by atoms with E-state index in [0.717, 1.165) is 36.7 Å². The fourth-order valence-electron chi connectivity index (χ4n) is 4.23. The van der Waals surface area contributed by atoms with Crippen molar-refractivity contribution in [2.24, 2.45) is 11.8 Å². The summed E-state index contributed by atoms with van der Waals surface area (Å²) in [6.07, 6.45) is -0.887. The second kappa shape index (κ2) is 10.7. The number of alkyl halides is 3. The van der Waals surface area contributed by atoms with Gasteiger partial charge in [-0.05, 0) is 38.2 Å². The summed E-state index contributed by atoms with van der Waals surface area (Å²) in [6.45, 7) is 0.591. The Kier molecular flexibility index (Phi) is 8.09. The van der Waals surface area contributed by atoms with E-state index in [2.05, 4.69) is 10.3 Å². The molecule has 0 aliphatic heterocycles. The number of thiazole rings is 1. The summed E-state index contributed by atoms with van der Waals surface area (Å²) < 4.78 is 80.1. The molecule has 208 valence electrons. The molecular weight excluding hydrogens is 574 g/mol. The molecule has 2 aliphatic rings. The van der Waals surface area contributed by atoms with E-state index in [1.165, 1.54) is 10.8 Å². The van der Waals surface area contributed by atoms with Gasteiger partial charge in [0, 0.05) is 11.6 Å². The minimum absolute atomic E-state index is 0.0574. The van der Waals surface area contributed by atoms with Crippen LogP contribution in [-0.2, 0) is 21.2 Å². The number of nitrogens with one attached hydrogen (secondary N) is 2. The molecule has 2 fully saturated rings. The van der Waals surface area contributed by atoms with Crippen molar-refractivity contribution in [1.29, 1.82) is 0 Å². The molecule has 4 rings (SSSR count). The molecule has 1 amide bonds. The Hall–Kier alpha value is -2.29. The van der Waals surface area contributed by atoms with Gasteiger partial charge in [-0.15, -0.1) is 11.3 Å². The second-order valence-corrected chi connectivity index (χ2v) is 12.7. The molecule has 1 aromatic carbocycles. The first-order chi connectivity index (χ1) is 17.7. The minimum atomic E-state index is -4.90. The molecule has 2 aromatic rings. The average molecular weight is 598 g/mol. The van der Waals surface area contributed by atoms with Gasteiger partial charge in [-0.3, -0.25) is 9.59 Å². The maximum atomic E-state index is 15.2. The number of carboxylic acids is 1. The Morgan fingerprint density at radius 3 is 2.47 bits per heavy atom. The number of carbonyl (C=O) groups excluding carboxylic acids is 1. The Morgan fingerprint density at radius 1 is 1.26 bits per heavy atom. The van der Waals surface area contributed by atoms with Crippen molar-refractivity contribution in [3.63, 3.8) is 0 Å². The van der Waals surface area contributed by atoms with Crippen LogP contribution in [0.4, 0.5) is 17.6 Å². The Balaban J connectivity index is 1.63. The van der Waals surface area contributed by atoms with E-state index >= 15 is 4.39 Å². The number of halogens is 5. The third-order valence-corrected chi connectivity index (χ3v) is 9.88. The number of rotatable bonds is 9. The smallest absolute Gasteiger partial charge is 0.404 e.